The van der Waals surface area contributed by atoms with Crippen molar-refractivity contribution in [3.63, 3.8) is 0 Å². The molecular formula is C20H19N3O. The molecule has 0 spiro atoms. The van der Waals surface area contributed by atoms with Gasteiger partial charge in [-0.25, -0.2) is 4.68 Å². The molecule has 2 aromatic carbocycles. The largest absolute Gasteiger partial charge is 0.319 e. The summed E-state index contributed by atoms with van der Waals surface area (Å²) in [6.45, 7) is 3.84. The third kappa shape index (κ3) is 3.43. The molecule has 24 heavy (non-hydrogen) atoms. The molecule has 0 fully saturated rings. The standard InChI is InChI=1S/C20H19N3O/c1-15-20(16(2)23(22-15)18-11-7-4-8-12-18)21-19(24)14-13-17-9-5-3-6-10-17/h3-14H,1-2H3,(H,21,24)/b14-13+. The predicted molar refractivity (Wildman–Crippen MR) is 97.1 cm³/mol. The lowest BCUT2D eigenvalue weighted by Crippen LogP contribution is -2.09. The Labute approximate surface area is 141 Å². The third-order valence-electron chi connectivity index (χ3n) is 3.77. The highest BCUT2D eigenvalue weighted by atomic mass is 16.1. The van der Waals surface area contributed by atoms with Crippen LogP contribution in [0.2, 0.25) is 0 Å². The first kappa shape index (κ1) is 15.7. The number of aromatic nitrogens is 2. The van der Waals surface area contributed by atoms with Gasteiger partial charge in [0.1, 0.15) is 0 Å². The summed E-state index contributed by atoms with van der Waals surface area (Å²) in [5.41, 5.74) is 4.40. The van der Waals surface area contributed by atoms with Crippen LogP contribution in [0.3, 0.4) is 0 Å². The van der Waals surface area contributed by atoms with E-state index >= 15 is 0 Å². The fourth-order valence-corrected chi connectivity index (χ4v) is 2.55. The lowest BCUT2D eigenvalue weighted by Gasteiger charge is -2.05. The van der Waals surface area contributed by atoms with Gasteiger partial charge in [0.25, 0.3) is 0 Å². The van der Waals surface area contributed by atoms with E-state index in [9.17, 15) is 4.79 Å². The molecule has 0 atom stereocenters. The quantitative estimate of drug-likeness (QED) is 0.735. The van der Waals surface area contributed by atoms with E-state index in [4.69, 9.17) is 0 Å². The van der Waals surface area contributed by atoms with Crippen LogP contribution in [-0.2, 0) is 4.79 Å². The van der Waals surface area contributed by atoms with E-state index in [0.717, 1.165) is 28.3 Å². The Kier molecular flexibility index (Phi) is 4.57. The molecule has 0 bridgehead atoms. The first-order valence-electron chi connectivity index (χ1n) is 7.81. The topological polar surface area (TPSA) is 46.9 Å². The van der Waals surface area contributed by atoms with Crippen molar-refractivity contribution < 1.29 is 4.79 Å². The van der Waals surface area contributed by atoms with Crippen LogP contribution in [0.1, 0.15) is 17.0 Å². The molecule has 1 aromatic heterocycles. The summed E-state index contributed by atoms with van der Waals surface area (Å²) in [5.74, 6) is -0.169. The Bertz CT molecular complexity index is 865. The summed E-state index contributed by atoms with van der Waals surface area (Å²) in [5, 5.41) is 7.46. The number of hydrogen-bond acceptors (Lipinski definition) is 2. The van der Waals surface area contributed by atoms with Crippen LogP contribution >= 0.6 is 0 Å². The average Bonchev–Trinajstić information content (AvgIpc) is 2.90. The molecule has 0 aliphatic rings. The van der Waals surface area contributed by atoms with E-state index in [1.165, 1.54) is 6.08 Å². The van der Waals surface area contributed by atoms with E-state index in [0.29, 0.717) is 0 Å². The van der Waals surface area contributed by atoms with Crippen molar-refractivity contribution in [3.05, 3.63) is 83.7 Å². The molecule has 0 saturated carbocycles. The number of amides is 1. The maximum atomic E-state index is 12.2. The van der Waals surface area contributed by atoms with Crippen LogP contribution < -0.4 is 5.32 Å². The normalized spacial score (nSPS) is 10.9. The first-order valence-corrected chi connectivity index (χ1v) is 7.81. The van der Waals surface area contributed by atoms with Gasteiger partial charge in [-0.15, -0.1) is 0 Å². The van der Waals surface area contributed by atoms with Gasteiger partial charge in [0.15, 0.2) is 0 Å². The molecule has 1 N–H and O–H groups in total. The molecule has 3 aromatic rings. The minimum Gasteiger partial charge on any atom is -0.319 e. The lowest BCUT2D eigenvalue weighted by molar-refractivity contribution is -0.111. The van der Waals surface area contributed by atoms with Crippen LogP contribution in [0.5, 0.6) is 0 Å². The van der Waals surface area contributed by atoms with E-state index in [2.05, 4.69) is 10.4 Å². The number of para-hydroxylation sites is 1. The van der Waals surface area contributed by atoms with Gasteiger partial charge in [0.2, 0.25) is 5.91 Å². The van der Waals surface area contributed by atoms with E-state index in [1.54, 1.807) is 6.08 Å². The van der Waals surface area contributed by atoms with Crippen LogP contribution in [0.15, 0.2) is 66.7 Å². The highest BCUT2D eigenvalue weighted by Crippen LogP contribution is 2.22. The second kappa shape index (κ2) is 6.96. The maximum absolute atomic E-state index is 12.2. The van der Waals surface area contributed by atoms with Crippen LogP contribution in [0, 0.1) is 13.8 Å². The van der Waals surface area contributed by atoms with Crippen molar-refractivity contribution in [3.8, 4) is 5.69 Å². The van der Waals surface area contributed by atoms with Gasteiger partial charge in [-0.3, -0.25) is 4.79 Å². The molecule has 4 heteroatoms. The predicted octanol–water partition coefficient (Wildman–Crippen LogP) is 4.14. The molecular weight excluding hydrogens is 298 g/mol. The van der Waals surface area contributed by atoms with Gasteiger partial charge in [-0.2, -0.15) is 5.10 Å². The van der Waals surface area contributed by atoms with Crippen molar-refractivity contribution in [2.24, 2.45) is 0 Å². The summed E-state index contributed by atoms with van der Waals surface area (Å²) in [7, 11) is 0. The lowest BCUT2D eigenvalue weighted by atomic mass is 10.2. The number of aryl methyl sites for hydroxylation is 1. The van der Waals surface area contributed by atoms with Crippen molar-refractivity contribution in [1.82, 2.24) is 9.78 Å². The fourth-order valence-electron chi connectivity index (χ4n) is 2.55. The van der Waals surface area contributed by atoms with E-state index in [1.807, 2.05) is 79.2 Å². The van der Waals surface area contributed by atoms with Crippen molar-refractivity contribution in [2.75, 3.05) is 5.32 Å². The molecule has 0 unspecified atom stereocenters. The number of nitrogens with zero attached hydrogens (tertiary/aromatic N) is 2. The van der Waals surface area contributed by atoms with E-state index < -0.39 is 0 Å². The van der Waals surface area contributed by atoms with Gasteiger partial charge in [-0.05, 0) is 37.6 Å². The van der Waals surface area contributed by atoms with Crippen LogP contribution in [0.4, 0.5) is 5.69 Å². The molecule has 120 valence electrons. The summed E-state index contributed by atoms with van der Waals surface area (Å²) in [6.07, 6.45) is 3.33. The minimum absolute atomic E-state index is 0.169. The van der Waals surface area contributed by atoms with Gasteiger partial charge < -0.3 is 5.32 Å². The SMILES string of the molecule is Cc1nn(-c2ccccc2)c(C)c1NC(=O)/C=C/c1ccccc1. The molecule has 0 aliphatic heterocycles. The molecule has 4 nitrogen and oxygen atoms in total. The molecule has 0 aliphatic carbocycles. The Morgan fingerprint density at radius 1 is 1.00 bits per heavy atom. The first-order chi connectivity index (χ1) is 11.6. The Hall–Kier alpha value is -3.14. The molecule has 3 rings (SSSR count). The molecule has 1 heterocycles. The fraction of sp³-hybridized carbons (Fsp3) is 0.100. The number of hydrogen-bond donors (Lipinski definition) is 1. The third-order valence-corrected chi connectivity index (χ3v) is 3.77. The average molecular weight is 317 g/mol. The number of rotatable bonds is 4. The number of nitrogens with one attached hydrogen (secondary N) is 1. The molecule has 1 amide bonds. The number of carbonyl (C=O) groups excluding carboxylic acids is 1. The zero-order valence-electron chi connectivity index (χ0n) is 13.7. The molecule has 0 saturated heterocycles. The Morgan fingerprint density at radius 2 is 1.62 bits per heavy atom. The van der Waals surface area contributed by atoms with Crippen molar-refractivity contribution in [1.29, 1.82) is 0 Å². The van der Waals surface area contributed by atoms with Crippen LogP contribution in [-0.4, -0.2) is 15.7 Å². The minimum atomic E-state index is -0.169. The summed E-state index contributed by atoms with van der Waals surface area (Å²) < 4.78 is 1.84. The second-order valence-corrected chi connectivity index (χ2v) is 5.53. The van der Waals surface area contributed by atoms with E-state index in [-0.39, 0.29) is 5.91 Å². The van der Waals surface area contributed by atoms with Gasteiger partial charge in [0.05, 0.1) is 22.8 Å². The van der Waals surface area contributed by atoms with Gasteiger partial charge >= 0.3 is 0 Å². The highest BCUT2D eigenvalue weighted by Gasteiger charge is 2.13. The Balaban J connectivity index is 1.79. The van der Waals surface area contributed by atoms with Crippen molar-refractivity contribution in [2.45, 2.75) is 13.8 Å². The monoisotopic (exact) mass is 317 g/mol. The number of carbonyl (C=O) groups is 1. The summed E-state index contributed by atoms with van der Waals surface area (Å²) >= 11 is 0. The maximum Gasteiger partial charge on any atom is 0.248 e. The zero-order valence-corrected chi connectivity index (χ0v) is 13.7. The number of anilines is 1. The smallest absolute Gasteiger partial charge is 0.248 e. The van der Waals surface area contributed by atoms with Gasteiger partial charge in [0, 0.05) is 6.08 Å². The van der Waals surface area contributed by atoms with Gasteiger partial charge in [-0.1, -0.05) is 48.5 Å². The second-order valence-electron chi connectivity index (χ2n) is 5.53. The molecule has 0 radical (unpaired) electrons. The summed E-state index contributed by atoms with van der Waals surface area (Å²) in [4.78, 5) is 12.2. The van der Waals surface area contributed by atoms with Crippen molar-refractivity contribution >= 4 is 17.7 Å². The summed E-state index contributed by atoms with van der Waals surface area (Å²) in [6, 6.07) is 19.6. The van der Waals surface area contributed by atoms with Crippen LogP contribution in [0.25, 0.3) is 11.8 Å². The zero-order chi connectivity index (χ0) is 16.9. The Morgan fingerprint density at radius 3 is 2.29 bits per heavy atom. The highest BCUT2D eigenvalue weighted by molar-refractivity contribution is 6.02. The number of benzene rings is 2.